The zero-order chi connectivity index (χ0) is 7.72. The molecule has 1 aliphatic rings. The molecule has 0 aliphatic heterocycles. The van der Waals surface area contributed by atoms with Crippen molar-refractivity contribution in [2.75, 3.05) is 6.61 Å². The van der Waals surface area contributed by atoms with Crippen molar-refractivity contribution in [3.8, 4) is 0 Å². The molecule has 1 fully saturated rings. The summed E-state index contributed by atoms with van der Waals surface area (Å²) in [6.45, 7) is -0.278. The van der Waals surface area contributed by atoms with E-state index in [-0.39, 0.29) is 13.0 Å². The summed E-state index contributed by atoms with van der Waals surface area (Å²) in [4.78, 5) is 0. The van der Waals surface area contributed by atoms with Gasteiger partial charge in [-0.2, -0.15) is 0 Å². The molecule has 0 saturated heterocycles. The molecule has 0 bridgehead atoms. The largest absolute Gasteiger partial charge is 0.396 e. The van der Waals surface area contributed by atoms with E-state index in [2.05, 4.69) is 0 Å². The molecular formula is C6H12O4. The van der Waals surface area contributed by atoms with Crippen LogP contribution in [0.2, 0.25) is 0 Å². The second-order valence-electron chi connectivity index (χ2n) is 2.71. The molecule has 0 aromatic carbocycles. The molecule has 4 atom stereocenters. The summed E-state index contributed by atoms with van der Waals surface area (Å²) in [7, 11) is 0. The minimum absolute atomic E-state index is 0.159. The van der Waals surface area contributed by atoms with Gasteiger partial charge < -0.3 is 20.4 Å². The Bertz CT molecular complexity index is 116. The standard InChI is InChI=1S/C6H12O4/c7-2-3-4(8)1-5(9)6(3)10/h3-10H,1-2H2/t3-,4-,5+,6-/m1/s1. The SMILES string of the molecule is OC[C@H]1[C@@H](O)[C@@H](O)C[C@H]1O. The molecule has 4 N–H and O–H groups in total. The Kier molecular flexibility index (Phi) is 2.25. The first kappa shape index (κ1) is 7.94. The van der Waals surface area contributed by atoms with Gasteiger partial charge in [0, 0.05) is 12.3 Å². The quantitative estimate of drug-likeness (QED) is 0.349. The van der Waals surface area contributed by atoms with Crippen LogP contribution in [0.3, 0.4) is 0 Å². The van der Waals surface area contributed by atoms with Gasteiger partial charge in [-0.3, -0.25) is 0 Å². The average Bonchev–Trinajstić information content (AvgIpc) is 2.09. The maximum atomic E-state index is 9.06. The highest BCUT2D eigenvalue weighted by Gasteiger charge is 2.39. The fourth-order valence-corrected chi connectivity index (χ4v) is 1.30. The molecule has 0 spiro atoms. The molecule has 4 nitrogen and oxygen atoms in total. The third kappa shape index (κ3) is 1.15. The third-order valence-corrected chi connectivity index (χ3v) is 2.02. The minimum atomic E-state index is -0.972. The highest BCUT2D eigenvalue weighted by molar-refractivity contribution is 4.90. The topological polar surface area (TPSA) is 80.9 Å². The van der Waals surface area contributed by atoms with Crippen LogP contribution >= 0.6 is 0 Å². The molecule has 1 aliphatic carbocycles. The van der Waals surface area contributed by atoms with E-state index in [1.165, 1.54) is 0 Å². The molecule has 10 heavy (non-hydrogen) atoms. The molecule has 0 radical (unpaired) electrons. The van der Waals surface area contributed by atoms with Crippen LogP contribution in [0.5, 0.6) is 0 Å². The summed E-state index contributed by atoms with van der Waals surface area (Å²) in [6.07, 6.45) is -2.46. The molecule has 1 rings (SSSR count). The predicted octanol–water partition coefficient (Wildman–Crippen LogP) is -1.92. The fraction of sp³-hybridized carbons (Fsp3) is 1.00. The first-order valence-electron chi connectivity index (χ1n) is 3.32. The van der Waals surface area contributed by atoms with E-state index < -0.39 is 24.2 Å². The van der Waals surface area contributed by atoms with Gasteiger partial charge in [0.05, 0.1) is 24.9 Å². The molecule has 0 aromatic rings. The molecule has 1 saturated carbocycles. The van der Waals surface area contributed by atoms with Gasteiger partial charge in [0.25, 0.3) is 0 Å². The van der Waals surface area contributed by atoms with Crippen molar-refractivity contribution in [3.05, 3.63) is 0 Å². The molecule has 0 heterocycles. The Morgan fingerprint density at radius 1 is 1.10 bits per heavy atom. The lowest BCUT2D eigenvalue weighted by Gasteiger charge is -2.14. The third-order valence-electron chi connectivity index (χ3n) is 2.02. The molecule has 0 aromatic heterocycles. The summed E-state index contributed by atoms with van der Waals surface area (Å²) < 4.78 is 0. The minimum Gasteiger partial charge on any atom is -0.396 e. The first-order valence-corrected chi connectivity index (χ1v) is 3.32. The van der Waals surface area contributed by atoms with Crippen molar-refractivity contribution in [1.29, 1.82) is 0 Å². The zero-order valence-electron chi connectivity index (χ0n) is 5.51. The van der Waals surface area contributed by atoms with Crippen LogP contribution in [-0.2, 0) is 0 Å². The van der Waals surface area contributed by atoms with Crippen LogP contribution in [-0.4, -0.2) is 45.3 Å². The number of aliphatic hydroxyl groups is 4. The molecule has 60 valence electrons. The van der Waals surface area contributed by atoms with Crippen LogP contribution < -0.4 is 0 Å². The van der Waals surface area contributed by atoms with Crippen molar-refractivity contribution >= 4 is 0 Å². The van der Waals surface area contributed by atoms with E-state index >= 15 is 0 Å². The van der Waals surface area contributed by atoms with Gasteiger partial charge in [-0.15, -0.1) is 0 Å². The van der Waals surface area contributed by atoms with E-state index in [1.807, 2.05) is 0 Å². The van der Waals surface area contributed by atoms with Crippen molar-refractivity contribution in [3.63, 3.8) is 0 Å². The maximum absolute atomic E-state index is 9.06. The van der Waals surface area contributed by atoms with E-state index in [4.69, 9.17) is 20.4 Å². The normalized spacial score (nSPS) is 48.0. The summed E-state index contributed by atoms with van der Waals surface area (Å²) in [5.41, 5.74) is 0. The highest BCUT2D eigenvalue weighted by Crippen LogP contribution is 2.25. The number of hydrogen-bond acceptors (Lipinski definition) is 4. The Hall–Kier alpha value is -0.160. The smallest absolute Gasteiger partial charge is 0.0874 e. The Morgan fingerprint density at radius 3 is 1.90 bits per heavy atom. The Morgan fingerprint density at radius 2 is 1.70 bits per heavy atom. The van der Waals surface area contributed by atoms with Crippen LogP contribution in [0.15, 0.2) is 0 Å². The summed E-state index contributed by atoms with van der Waals surface area (Å²) in [6, 6.07) is 0. The monoisotopic (exact) mass is 148 g/mol. The molecular weight excluding hydrogens is 136 g/mol. The molecule has 0 amide bonds. The van der Waals surface area contributed by atoms with Crippen molar-refractivity contribution in [1.82, 2.24) is 0 Å². The van der Waals surface area contributed by atoms with Crippen LogP contribution in [0, 0.1) is 5.92 Å². The van der Waals surface area contributed by atoms with Gasteiger partial charge in [-0.1, -0.05) is 0 Å². The van der Waals surface area contributed by atoms with Crippen molar-refractivity contribution < 1.29 is 20.4 Å². The van der Waals surface area contributed by atoms with E-state index in [9.17, 15) is 0 Å². The van der Waals surface area contributed by atoms with E-state index in [0.29, 0.717) is 0 Å². The zero-order valence-corrected chi connectivity index (χ0v) is 5.51. The number of hydrogen-bond donors (Lipinski definition) is 4. The lowest BCUT2D eigenvalue weighted by molar-refractivity contribution is -0.00584. The second kappa shape index (κ2) is 2.84. The van der Waals surface area contributed by atoms with Crippen LogP contribution in [0.25, 0.3) is 0 Å². The summed E-state index contributed by atoms with van der Waals surface area (Å²) in [5, 5.41) is 35.6. The predicted molar refractivity (Wildman–Crippen MR) is 33.2 cm³/mol. The van der Waals surface area contributed by atoms with Crippen LogP contribution in [0.4, 0.5) is 0 Å². The van der Waals surface area contributed by atoms with Crippen LogP contribution in [0.1, 0.15) is 6.42 Å². The number of aliphatic hydroxyl groups excluding tert-OH is 4. The summed E-state index contributed by atoms with van der Waals surface area (Å²) >= 11 is 0. The van der Waals surface area contributed by atoms with E-state index in [1.54, 1.807) is 0 Å². The number of rotatable bonds is 1. The van der Waals surface area contributed by atoms with Gasteiger partial charge in [0.15, 0.2) is 0 Å². The van der Waals surface area contributed by atoms with Gasteiger partial charge >= 0.3 is 0 Å². The Balaban J connectivity index is 2.55. The van der Waals surface area contributed by atoms with Gasteiger partial charge in [0.2, 0.25) is 0 Å². The lowest BCUT2D eigenvalue weighted by atomic mass is 10.1. The van der Waals surface area contributed by atoms with Crippen molar-refractivity contribution in [2.45, 2.75) is 24.7 Å². The van der Waals surface area contributed by atoms with Crippen molar-refractivity contribution in [2.24, 2.45) is 5.92 Å². The highest BCUT2D eigenvalue weighted by atomic mass is 16.3. The van der Waals surface area contributed by atoms with Gasteiger partial charge in [-0.25, -0.2) is 0 Å². The van der Waals surface area contributed by atoms with E-state index in [0.717, 1.165) is 0 Å². The second-order valence-corrected chi connectivity index (χ2v) is 2.71. The average molecular weight is 148 g/mol. The first-order chi connectivity index (χ1) is 4.66. The fourth-order valence-electron chi connectivity index (χ4n) is 1.30. The molecule has 4 heteroatoms. The summed E-state index contributed by atoms with van der Waals surface area (Å²) in [5.74, 6) is -0.574. The Labute approximate surface area is 58.7 Å². The maximum Gasteiger partial charge on any atom is 0.0874 e. The molecule has 0 unspecified atom stereocenters. The van der Waals surface area contributed by atoms with Gasteiger partial charge in [-0.05, 0) is 0 Å². The van der Waals surface area contributed by atoms with Gasteiger partial charge in [0.1, 0.15) is 0 Å². The lowest BCUT2D eigenvalue weighted by Crippen LogP contribution is -2.29.